The summed E-state index contributed by atoms with van der Waals surface area (Å²) < 4.78 is 0. The maximum absolute atomic E-state index is 12.7. The zero-order valence-corrected chi connectivity index (χ0v) is 14.7. The summed E-state index contributed by atoms with van der Waals surface area (Å²) >= 11 is 0. The van der Waals surface area contributed by atoms with Crippen molar-refractivity contribution in [1.29, 1.82) is 10.5 Å². The van der Waals surface area contributed by atoms with Crippen LogP contribution in [-0.4, -0.2) is 21.8 Å². The van der Waals surface area contributed by atoms with Crippen LogP contribution in [-0.2, 0) is 0 Å². The Hall–Kier alpha value is -4.62. The molecule has 0 saturated heterocycles. The maximum atomic E-state index is 12.7. The van der Waals surface area contributed by atoms with Crippen molar-refractivity contribution in [3.63, 3.8) is 0 Å². The number of amides is 2. The van der Waals surface area contributed by atoms with Gasteiger partial charge in [0, 0.05) is 32.6 Å². The molecular formula is C22H9N5O2. The molecule has 0 saturated carbocycles. The first-order valence-electron chi connectivity index (χ1n) is 8.83. The van der Waals surface area contributed by atoms with E-state index in [2.05, 4.69) is 27.4 Å². The van der Waals surface area contributed by atoms with E-state index in [0.717, 1.165) is 11.0 Å². The first-order valence-corrected chi connectivity index (χ1v) is 8.83. The number of nitrogens with one attached hydrogen (secondary N) is 3. The van der Waals surface area contributed by atoms with Crippen LogP contribution in [0.15, 0.2) is 36.4 Å². The highest BCUT2D eigenvalue weighted by Crippen LogP contribution is 2.42. The number of H-pyrrole nitrogens is 2. The fourth-order valence-electron chi connectivity index (χ4n) is 4.35. The van der Waals surface area contributed by atoms with Gasteiger partial charge in [0.1, 0.15) is 0 Å². The molecule has 5 aromatic rings. The maximum Gasteiger partial charge on any atom is 0.259 e. The Morgan fingerprint density at radius 1 is 0.690 bits per heavy atom. The zero-order valence-electron chi connectivity index (χ0n) is 14.7. The van der Waals surface area contributed by atoms with Crippen LogP contribution in [0.3, 0.4) is 0 Å². The summed E-state index contributed by atoms with van der Waals surface area (Å²) in [7, 11) is 0. The lowest BCUT2D eigenvalue weighted by Crippen LogP contribution is -2.20. The van der Waals surface area contributed by atoms with Crippen LogP contribution in [0.1, 0.15) is 31.8 Å². The van der Waals surface area contributed by atoms with Crippen LogP contribution in [0.25, 0.3) is 43.6 Å². The highest BCUT2D eigenvalue weighted by molar-refractivity contribution is 6.39. The molecule has 134 valence electrons. The van der Waals surface area contributed by atoms with Gasteiger partial charge < -0.3 is 9.97 Å². The minimum atomic E-state index is -0.467. The minimum absolute atomic E-state index is 0.294. The van der Waals surface area contributed by atoms with Crippen LogP contribution in [0, 0.1) is 22.7 Å². The lowest BCUT2D eigenvalue weighted by atomic mass is 9.96. The molecule has 29 heavy (non-hydrogen) atoms. The van der Waals surface area contributed by atoms with E-state index in [1.165, 1.54) is 0 Å². The van der Waals surface area contributed by atoms with E-state index in [4.69, 9.17) is 0 Å². The average Bonchev–Trinajstić information content (AvgIpc) is 3.37. The summed E-state index contributed by atoms with van der Waals surface area (Å²) in [5, 5.41) is 23.6. The largest absolute Gasteiger partial charge is 0.353 e. The molecule has 0 fully saturated rings. The second-order valence-corrected chi connectivity index (χ2v) is 7.03. The van der Waals surface area contributed by atoms with Gasteiger partial charge in [-0.1, -0.05) is 0 Å². The normalized spacial score (nSPS) is 13.2. The van der Waals surface area contributed by atoms with Crippen molar-refractivity contribution in [1.82, 2.24) is 15.3 Å². The Morgan fingerprint density at radius 3 is 1.55 bits per heavy atom. The average molecular weight is 375 g/mol. The fraction of sp³-hybridized carbons (Fsp3) is 0. The van der Waals surface area contributed by atoms with E-state index < -0.39 is 11.8 Å². The third-order valence-corrected chi connectivity index (χ3v) is 5.54. The molecule has 1 aliphatic rings. The predicted molar refractivity (Wildman–Crippen MR) is 106 cm³/mol. The van der Waals surface area contributed by atoms with Crippen molar-refractivity contribution in [2.75, 3.05) is 0 Å². The monoisotopic (exact) mass is 375 g/mol. The van der Waals surface area contributed by atoms with Gasteiger partial charge >= 0.3 is 0 Å². The van der Waals surface area contributed by atoms with Crippen LogP contribution >= 0.6 is 0 Å². The van der Waals surface area contributed by atoms with Crippen molar-refractivity contribution in [2.45, 2.75) is 0 Å². The highest BCUT2D eigenvalue weighted by atomic mass is 16.2. The molecular weight excluding hydrogens is 366 g/mol. The van der Waals surface area contributed by atoms with Crippen LogP contribution in [0.2, 0.25) is 0 Å². The van der Waals surface area contributed by atoms with Crippen LogP contribution in [0.4, 0.5) is 0 Å². The number of carbonyl (C=O) groups is 2. The Balaban J connectivity index is 1.95. The van der Waals surface area contributed by atoms with Gasteiger partial charge in [-0.15, -0.1) is 0 Å². The third-order valence-electron chi connectivity index (χ3n) is 5.54. The number of benzene rings is 3. The Labute approximate surface area is 162 Å². The molecule has 7 heteroatoms. The van der Waals surface area contributed by atoms with E-state index in [1.54, 1.807) is 36.4 Å². The molecule has 3 aromatic carbocycles. The number of hydrogen-bond acceptors (Lipinski definition) is 4. The first-order chi connectivity index (χ1) is 14.1. The van der Waals surface area contributed by atoms with Gasteiger partial charge in [0.15, 0.2) is 0 Å². The molecule has 0 aliphatic carbocycles. The number of aromatic amines is 2. The number of imide groups is 1. The molecule has 0 unspecified atom stereocenters. The molecule has 7 nitrogen and oxygen atoms in total. The molecule has 0 spiro atoms. The standard InChI is InChI=1S/C22H9N5O2/c23-7-9-1-3-13-11(5-9)15-17-18(22(29)27-21(17)28)16-12-6-10(8-24)2-4-14(12)26-20(16)19(15)25-13/h1-6,25-26H,(H,27,28,29). The molecule has 2 amide bonds. The molecule has 6 rings (SSSR count). The van der Waals surface area contributed by atoms with E-state index in [-0.39, 0.29) is 0 Å². The van der Waals surface area contributed by atoms with Gasteiger partial charge in [0.05, 0.1) is 45.4 Å². The SMILES string of the molecule is N#Cc1ccc2[nH]c3c4[nH]c5ccc(C#N)cc5c4c4c(c3c2c1)C(=O)NC4=O. The highest BCUT2D eigenvalue weighted by Gasteiger charge is 2.34. The van der Waals surface area contributed by atoms with Crippen molar-refractivity contribution in [3.8, 4) is 12.1 Å². The minimum Gasteiger partial charge on any atom is -0.353 e. The number of hydrogen-bond donors (Lipinski definition) is 3. The molecule has 0 bridgehead atoms. The topological polar surface area (TPSA) is 125 Å². The molecule has 1 aliphatic heterocycles. The summed E-state index contributed by atoms with van der Waals surface area (Å²) in [5.41, 5.74) is 4.41. The molecule has 3 heterocycles. The number of aromatic nitrogens is 2. The van der Waals surface area contributed by atoms with Gasteiger partial charge in [-0.2, -0.15) is 10.5 Å². The molecule has 0 radical (unpaired) electrons. The van der Waals surface area contributed by atoms with Crippen molar-refractivity contribution >= 4 is 55.4 Å². The van der Waals surface area contributed by atoms with E-state index >= 15 is 0 Å². The summed E-state index contributed by atoms with van der Waals surface area (Å²) in [6.07, 6.45) is 0. The Morgan fingerprint density at radius 2 is 1.14 bits per heavy atom. The van der Waals surface area contributed by atoms with Gasteiger partial charge in [0.2, 0.25) is 0 Å². The summed E-state index contributed by atoms with van der Waals surface area (Å²) in [6.45, 7) is 0. The van der Waals surface area contributed by atoms with E-state index in [0.29, 0.717) is 54.8 Å². The molecule has 3 N–H and O–H groups in total. The summed E-state index contributed by atoms with van der Waals surface area (Å²) in [6, 6.07) is 14.6. The first kappa shape index (κ1) is 15.4. The Bertz CT molecular complexity index is 1560. The van der Waals surface area contributed by atoms with Crippen LogP contribution < -0.4 is 5.32 Å². The van der Waals surface area contributed by atoms with Gasteiger partial charge in [-0.3, -0.25) is 14.9 Å². The lowest BCUT2D eigenvalue weighted by molar-refractivity contribution is 0.0880. The smallest absolute Gasteiger partial charge is 0.259 e. The lowest BCUT2D eigenvalue weighted by Gasteiger charge is -2.03. The number of carbonyl (C=O) groups excluding carboxylic acids is 2. The predicted octanol–water partition coefficient (Wildman–Crippen LogP) is 3.58. The van der Waals surface area contributed by atoms with Crippen molar-refractivity contribution in [3.05, 3.63) is 58.7 Å². The van der Waals surface area contributed by atoms with Crippen molar-refractivity contribution in [2.24, 2.45) is 0 Å². The van der Waals surface area contributed by atoms with E-state index in [1.807, 2.05) is 0 Å². The summed E-state index contributed by atoms with van der Waals surface area (Å²) in [4.78, 5) is 32.1. The van der Waals surface area contributed by atoms with Gasteiger partial charge in [-0.05, 0) is 36.4 Å². The fourth-order valence-corrected chi connectivity index (χ4v) is 4.35. The van der Waals surface area contributed by atoms with Crippen LogP contribution in [0.5, 0.6) is 0 Å². The molecule has 2 aromatic heterocycles. The Kier molecular flexibility index (Phi) is 2.66. The quantitative estimate of drug-likeness (QED) is 0.358. The summed E-state index contributed by atoms with van der Waals surface area (Å²) in [5.74, 6) is -0.933. The van der Waals surface area contributed by atoms with Gasteiger partial charge in [-0.25, -0.2) is 0 Å². The number of nitriles is 2. The number of fused-ring (bicyclic) bond motifs is 10. The zero-order chi connectivity index (χ0) is 19.9. The second kappa shape index (κ2) is 5.00. The van der Waals surface area contributed by atoms with Crippen molar-refractivity contribution < 1.29 is 9.59 Å². The molecule has 0 atom stereocenters. The second-order valence-electron chi connectivity index (χ2n) is 7.03. The van der Waals surface area contributed by atoms with E-state index in [9.17, 15) is 20.1 Å². The number of rotatable bonds is 0. The number of nitrogens with zero attached hydrogens (tertiary/aromatic N) is 2. The van der Waals surface area contributed by atoms with Gasteiger partial charge in [0.25, 0.3) is 11.8 Å². The third kappa shape index (κ3) is 1.78.